The summed E-state index contributed by atoms with van der Waals surface area (Å²) in [6, 6.07) is 0. The summed E-state index contributed by atoms with van der Waals surface area (Å²) in [4.78, 5) is 26.2. The van der Waals surface area contributed by atoms with Gasteiger partial charge < -0.3 is 0 Å². The van der Waals surface area contributed by atoms with Gasteiger partial charge in [-0.25, -0.2) is 4.90 Å². The summed E-state index contributed by atoms with van der Waals surface area (Å²) in [7, 11) is 0. The Hall–Kier alpha value is -1.65. The lowest BCUT2D eigenvalue weighted by Crippen LogP contribution is -2.35. The van der Waals surface area contributed by atoms with Crippen LogP contribution in [-0.2, 0) is 9.59 Å². The van der Waals surface area contributed by atoms with Crippen LogP contribution in [0.1, 0.15) is 43.5 Å². The number of H-pyrrole nitrogens is 1. The number of aromatic amines is 1. The number of nitrogens with zero attached hydrogens (tertiary/aromatic N) is 2. The molecule has 2 fully saturated rings. The molecule has 2 amide bonds. The van der Waals surface area contributed by atoms with Gasteiger partial charge >= 0.3 is 0 Å². The van der Waals surface area contributed by atoms with Crippen molar-refractivity contribution in [3.05, 3.63) is 11.4 Å². The maximum absolute atomic E-state index is 12.6. The smallest absolute Gasteiger partial charge is 0.240 e. The summed E-state index contributed by atoms with van der Waals surface area (Å²) in [6.07, 6.45) is 4.18. The highest BCUT2D eigenvalue weighted by Gasteiger charge is 2.53. The van der Waals surface area contributed by atoms with E-state index >= 15 is 0 Å². The highest BCUT2D eigenvalue weighted by molar-refractivity contribution is 6.23. The number of imide groups is 1. The molecule has 0 radical (unpaired) electrons. The number of nitrogens with one attached hydrogen (secondary N) is 1. The molecule has 1 aliphatic heterocycles. The molecule has 2 heterocycles. The standard InChI is InChI=1S/C13H17N3O2/c1-8-11(9(2)15-14-8)16-10(17)7-13(12(16)18)5-3-4-6-13/h3-7H2,1-2H3,(H,14,15). The number of aryl methyl sites for hydroxylation is 2. The first kappa shape index (κ1) is 11.4. The van der Waals surface area contributed by atoms with E-state index in [2.05, 4.69) is 10.2 Å². The molecular formula is C13H17N3O2. The molecule has 1 aromatic heterocycles. The van der Waals surface area contributed by atoms with Gasteiger partial charge in [0, 0.05) is 6.42 Å². The van der Waals surface area contributed by atoms with Crippen LogP contribution in [0.2, 0.25) is 0 Å². The normalized spacial score (nSPS) is 22.4. The second-order valence-corrected chi connectivity index (χ2v) is 5.48. The third-order valence-corrected chi connectivity index (χ3v) is 4.27. The van der Waals surface area contributed by atoms with Crippen molar-refractivity contribution >= 4 is 17.5 Å². The molecule has 1 saturated heterocycles. The Kier molecular flexibility index (Phi) is 2.33. The lowest BCUT2D eigenvalue weighted by molar-refractivity contribution is -0.125. The Balaban J connectivity index is 2.04. The fourth-order valence-electron chi connectivity index (χ4n) is 3.34. The number of hydrogen-bond acceptors (Lipinski definition) is 3. The Labute approximate surface area is 106 Å². The Morgan fingerprint density at radius 3 is 2.44 bits per heavy atom. The predicted molar refractivity (Wildman–Crippen MR) is 66.1 cm³/mol. The van der Waals surface area contributed by atoms with Gasteiger partial charge in [0.15, 0.2) is 0 Å². The number of hydrogen-bond donors (Lipinski definition) is 1. The third-order valence-electron chi connectivity index (χ3n) is 4.27. The van der Waals surface area contributed by atoms with Crippen molar-refractivity contribution in [1.82, 2.24) is 10.2 Å². The van der Waals surface area contributed by atoms with Crippen LogP contribution in [0.4, 0.5) is 5.69 Å². The van der Waals surface area contributed by atoms with Gasteiger partial charge in [-0.15, -0.1) is 0 Å². The summed E-state index contributed by atoms with van der Waals surface area (Å²) in [6.45, 7) is 3.66. The molecule has 1 aromatic rings. The number of anilines is 1. The number of carbonyl (C=O) groups is 2. The van der Waals surface area contributed by atoms with Crippen LogP contribution in [0.15, 0.2) is 0 Å². The van der Waals surface area contributed by atoms with Gasteiger partial charge in [0.25, 0.3) is 0 Å². The largest absolute Gasteiger partial charge is 0.280 e. The van der Waals surface area contributed by atoms with Crippen molar-refractivity contribution in [2.45, 2.75) is 46.0 Å². The molecule has 0 bridgehead atoms. The topological polar surface area (TPSA) is 66.1 Å². The summed E-state index contributed by atoms with van der Waals surface area (Å²) in [5, 5.41) is 6.91. The van der Waals surface area contributed by atoms with Crippen LogP contribution in [0, 0.1) is 19.3 Å². The highest BCUT2D eigenvalue weighted by atomic mass is 16.2. The zero-order chi connectivity index (χ0) is 12.9. The van der Waals surface area contributed by atoms with Crippen LogP contribution in [0.25, 0.3) is 0 Å². The second kappa shape index (κ2) is 3.67. The molecule has 1 saturated carbocycles. The second-order valence-electron chi connectivity index (χ2n) is 5.48. The van der Waals surface area contributed by atoms with E-state index < -0.39 is 5.41 Å². The van der Waals surface area contributed by atoms with Gasteiger partial charge in [-0.05, 0) is 26.7 Å². The lowest BCUT2D eigenvalue weighted by atomic mass is 9.84. The van der Waals surface area contributed by atoms with Crippen molar-refractivity contribution in [1.29, 1.82) is 0 Å². The van der Waals surface area contributed by atoms with Crippen LogP contribution in [0.5, 0.6) is 0 Å². The van der Waals surface area contributed by atoms with Gasteiger partial charge in [0.05, 0.1) is 22.5 Å². The number of aromatic nitrogens is 2. The zero-order valence-corrected chi connectivity index (χ0v) is 10.7. The predicted octanol–water partition coefficient (Wildman–Crippen LogP) is 1.85. The van der Waals surface area contributed by atoms with Crippen molar-refractivity contribution in [2.75, 3.05) is 4.90 Å². The van der Waals surface area contributed by atoms with Crippen molar-refractivity contribution in [3.63, 3.8) is 0 Å². The molecule has 96 valence electrons. The fraction of sp³-hybridized carbons (Fsp3) is 0.615. The third kappa shape index (κ3) is 1.36. The lowest BCUT2D eigenvalue weighted by Gasteiger charge is -2.20. The van der Waals surface area contributed by atoms with Gasteiger partial charge in [0.1, 0.15) is 0 Å². The average Bonchev–Trinajstić information content (AvgIpc) is 2.96. The van der Waals surface area contributed by atoms with Crippen molar-refractivity contribution < 1.29 is 9.59 Å². The summed E-state index contributed by atoms with van der Waals surface area (Å²) < 4.78 is 0. The van der Waals surface area contributed by atoms with E-state index in [0.717, 1.165) is 31.4 Å². The molecule has 2 aliphatic rings. The van der Waals surface area contributed by atoms with Crippen molar-refractivity contribution in [2.24, 2.45) is 5.41 Å². The first-order chi connectivity index (χ1) is 8.55. The highest BCUT2D eigenvalue weighted by Crippen LogP contribution is 2.48. The Morgan fingerprint density at radius 1 is 1.22 bits per heavy atom. The SMILES string of the molecule is Cc1n[nH]c(C)c1N1C(=O)CC2(CCCC2)C1=O. The Bertz CT molecular complexity index is 507. The molecule has 5 nitrogen and oxygen atoms in total. The van der Waals surface area contributed by atoms with Crippen molar-refractivity contribution in [3.8, 4) is 0 Å². The molecule has 18 heavy (non-hydrogen) atoms. The minimum Gasteiger partial charge on any atom is -0.280 e. The molecule has 1 N–H and O–H groups in total. The van der Waals surface area contributed by atoms with E-state index in [4.69, 9.17) is 0 Å². The number of rotatable bonds is 1. The van der Waals surface area contributed by atoms with Gasteiger partial charge in [-0.1, -0.05) is 12.8 Å². The number of carbonyl (C=O) groups excluding carboxylic acids is 2. The van der Waals surface area contributed by atoms with E-state index in [9.17, 15) is 9.59 Å². The fourth-order valence-corrected chi connectivity index (χ4v) is 3.34. The minimum absolute atomic E-state index is 0.0161. The van der Waals surface area contributed by atoms with E-state index in [1.54, 1.807) is 0 Å². The summed E-state index contributed by atoms with van der Waals surface area (Å²) >= 11 is 0. The van der Waals surface area contributed by atoms with Gasteiger partial charge in [0.2, 0.25) is 11.8 Å². The van der Waals surface area contributed by atoms with Crippen LogP contribution < -0.4 is 4.90 Å². The maximum atomic E-state index is 12.6. The molecule has 1 aliphatic carbocycles. The van der Waals surface area contributed by atoms with Crippen LogP contribution in [-0.4, -0.2) is 22.0 Å². The quantitative estimate of drug-likeness (QED) is 0.770. The molecule has 0 unspecified atom stereocenters. The van der Waals surface area contributed by atoms with Crippen LogP contribution in [0.3, 0.4) is 0 Å². The molecule has 1 spiro atoms. The molecule has 3 rings (SSSR count). The summed E-state index contributed by atoms with van der Waals surface area (Å²) in [5.74, 6) is -0.0906. The first-order valence-corrected chi connectivity index (χ1v) is 6.44. The zero-order valence-electron chi connectivity index (χ0n) is 10.7. The molecular weight excluding hydrogens is 230 g/mol. The average molecular weight is 247 g/mol. The van der Waals surface area contributed by atoms with E-state index in [1.807, 2.05) is 13.8 Å². The first-order valence-electron chi connectivity index (χ1n) is 6.44. The molecule has 0 aromatic carbocycles. The number of amides is 2. The monoisotopic (exact) mass is 247 g/mol. The van der Waals surface area contributed by atoms with Gasteiger partial charge in [-0.2, -0.15) is 5.10 Å². The van der Waals surface area contributed by atoms with Crippen LogP contribution >= 0.6 is 0 Å². The van der Waals surface area contributed by atoms with E-state index in [0.29, 0.717) is 17.8 Å². The van der Waals surface area contributed by atoms with E-state index in [-0.39, 0.29) is 11.8 Å². The molecule has 0 atom stereocenters. The minimum atomic E-state index is -0.409. The van der Waals surface area contributed by atoms with E-state index in [1.165, 1.54) is 4.90 Å². The molecule has 5 heteroatoms. The van der Waals surface area contributed by atoms with Gasteiger partial charge in [-0.3, -0.25) is 14.7 Å². The maximum Gasteiger partial charge on any atom is 0.240 e. The Morgan fingerprint density at radius 2 is 1.89 bits per heavy atom. The summed E-state index contributed by atoms with van der Waals surface area (Å²) in [5.41, 5.74) is 1.75.